The molecule has 0 bridgehead atoms. The third kappa shape index (κ3) is 3.20. The first kappa shape index (κ1) is 15.6. The fourth-order valence-corrected chi connectivity index (χ4v) is 3.50. The lowest BCUT2D eigenvalue weighted by Crippen LogP contribution is -2.34. The van der Waals surface area contributed by atoms with E-state index in [1.54, 1.807) is 12.1 Å². The number of urea groups is 1. The van der Waals surface area contributed by atoms with Crippen molar-refractivity contribution in [1.29, 1.82) is 0 Å². The number of hydrogen-bond donors (Lipinski definition) is 1. The van der Waals surface area contributed by atoms with Gasteiger partial charge < -0.3 is 10.2 Å². The molecule has 2 amide bonds. The normalized spacial score (nSPS) is 17.0. The van der Waals surface area contributed by atoms with Crippen molar-refractivity contribution in [1.82, 2.24) is 4.90 Å². The van der Waals surface area contributed by atoms with Gasteiger partial charge in [-0.2, -0.15) is 0 Å². The maximum atomic E-state index is 13.2. The van der Waals surface area contributed by atoms with Crippen molar-refractivity contribution in [3.8, 4) is 0 Å². The predicted molar refractivity (Wildman–Crippen MR) is 98.0 cm³/mol. The highest BCUT2D eigenvalue weighted by atomic mass is 19.1. The first-order chi connectivity index (χ1) is 12.2. The van der Waals surface area contributed by atoms with Crippen molar-refractivity contribution >= 4 is 22.5 Å². The second-order valence-electron chi connectivity index (χ2n) is 6.40. The largest absolute Gasteiger partial charge is 0.322 e. The molecule has 0 saturated carbocycles. The molecule has 1 unspecified atom stereocenters. The van der Waals surface area contributed by atoms with E-state index in [-0.39, 0.29) is 17.9 Å². The molecule has 1 fully saturated rings. The van der Waals surface area contributed by atoms with Gasteiger partial charge in [-0.25, -0.2) is 9.18 Å². The molecule has 0 radical (unpaired) electrons. The number of fused-ring (bicyclic) bond motifs is 1. The summed E-state index contributed by atoms with van der Waals surface area (Å²) in [4.78, 5) is 14.6. The predicted octanol–water partition coefficient (Wildman–Crippen LogP) is 5.35. The van der Waals surface area contributed by atoms with Crippen LogP contribution in [0.1, 0.15) is 24.4 Å². The Bertz CT molecular complexity index is 907. The minimum Gasteiger partial charge on any atom is -0.317 e. The third-order valence-electron chi connectivity index (χ3n) is 4.77. The van der Waals surface area contributed by atoms with Gasteiger partial charge in [0, 0.05) is 12.2 Å². The van der Waals surface area contributed by atoms with Crippen LogP contribution in [0, 0.1) is 5.82 Å². The second kappa shape index (κ2) is 6.55. The Morgan fingerprint density at radius 3 is 2.56 bits per heavy atom. The number of nitrogens with one attached hydrogen (secondary N) is 1. The highest BCUT2D eigenvalue weighted by Crippen LogP contribution is 2.32. The van der Waals surface area contributed by atoms with Crippen LogP contribution in [0.4, 0.5) is 14.9 Å². The number of amides is 2. The molecule has 25 heavy (non-hydrogen) atoms. The molecule has 0 spiro atoms. The molecule has 1 aliphatic heterocycles. The van der Waals surface area contributed by atoms with Crippen LogP contribution in [-0.2, 0) is 0 Å². The number of carbonyl (C=O) groups excluding carboxylic acids is 1. The number of likely N-dealkylation sites (tertiary alicyclic amines) is 1. The number of halogens is 1. The molecule has 1 aliphatic rings. The summed E-state index contributed by atoms with van der Waals surface area (Å²) < 4.78 is 13.2. The first-order valence-corrected chi connectivity index (χ1v) is 8.52. The number of nitrogens with zero attached hydrogens (tertiary/aromatic N) is 1. The van der Waals surface area contributed by atoms with E-state index in [0.29, 0.717) is 6.54 Å². The molecule has 4 rings (SSSR count). The molecule has 3 nitrogen and oxygen atoms in total. The van der Waals surface area contributed by atoms with E-state index in [0.717, 1.165) is 34.9 Å². The zero-order chi connectivity index (χ0) is 17.2. The molecule has 1 N–H and O–H groups in total. The summed E-state index contributed by atoms with van der Waals surface area (Å²) in [6.07, 6.45) is 1.85. The zero-order valence-electron chi connectivity index (χ0n) is 13.8. The van der Waals surface area contributed by atoms with Crippen LogP contribution >= 0.6 is 0 Å². The lowest BCUT2D eigenvalue weighted by Gasteiger charge is -2.25. The summed E-state index contributed by atoms with van der Waals surface area (Å²) >= 11 is 0. The summed E-state index contributed by atoms with van der Waals surface area (Å²) in [6, 6.07) is 20.3. The van der Waals surface area contributed by atoms with E-state index < -0.39 is 0 Å². The molecule has 1 saturated heterocycles. The number of hydrogen-bond acceptors (Lipinski definition) is 1. The minimum atomic E-state index is -0.256. The van der Waals surface area contributed by atoms with Crippen LogP contribution in [0.15, 0.2) is 66.7 Å². The fourth-order valence-electron chi connectivity index (χ4n) is 3.50. The van der Waals surface area contributed by atoms with Crippen molar-refractivity contribution in [2.75, 3.05) is 11.9 Å². The molecule has 3 aromatic rings. The summed E-state index contributed by atoms with van der Waals surface area (Å²) in [7, 11) is 0. The number of benzene rings is 3. The van der Waals surface area contributed by atoms with Crippen LogP contribution < -0.4 is 5.32 Å². The summed E-state index contributed by atoms with van der Waals surface area (Å²) in [5, 5.41) is 5.24. The van der Waals surface area contributed by atoms with E-state index in [1.165, 1.54) is 12.1 Å². The van der Waals surface area contributed by atoms with Gasteiger partial charge >= 0.3 is 6.03 Å². The topological polar surface area (TPSA) is 32.3 Å². The average Bonchev–Trinajstić information content (AvgIpc) is 3.12. The molecule has 1 heterocycles. The Labute approximate surface area is 146 Å². The minimum absolute atomic E-state index is 0.000978. The van der Waals surface area contributed by atoms with Crippen molar-refractivity contribution in [2.45, 2.75) is 18.9 Å². The summed E-state index contributed by atoms with van der Waals surface area (Å²) in [5.74, 6) is -0.256. The maximum Gasteiger partial charge on any atom is 0.322 e. The van der Waals surface area contributed by atoms with Gasteiger partial charge in [-0.3, -0.25) is 0 Å². The van der Waals surface area contributed by atoms with Crippen LogP contribution in [0.2, 0.25) is 0 Å². The Balaban J connectivity index is 1.53. The smallest absolute Gasteiger partial charge is 0.317 e. The molecule has 3 aromatic carbocycles. The van der Waals surface area contributed by atoms with Crippen molar-refractivity contribution in [2.24, 2.45) is 0 Å². The number of rotatable bonds is 2. The lowest BCUT2D eigenvalue weighted by atomic mass is 10.0. The monoisotopic (exact) mass is 334 g/mol. The van der Waals surface area contributed by atoms with E-state index >= 15 is 0 Å². The van der Waals surface area contributed by atoms with Crippen LogP contribution in [0.25, 0.3) is 10.8 Å². The van der Waals surface area contributed by atoms with Crippen molar-refractivity contribution < 1.29 is 9.18 Å². The molecule has 0 aliphatic carbocycles. The summed E-state index contributed by atoms with van der Waals surface area (Å²) in [5.41, 5.74) is 1.76. The zero-order valence-corrected chi connectivity index (χ0v) is 13.8. The Hall–Kier alpha value is -2.88. The fraction of sp³-hybridized carbons (Fsp3) is 0.190. The third-order valence-corrected chi connectivity index (χ3v) is 4.77. The Morgan fingerprint density at radius 1 is 1.00 bits per heavy atom. The maximum absolute atomic E-state index is 13.2. The van der Waals surface area contributed by atoms with Crippen LogP contribution in [-0.4, -0.2) is 17.5 Å². The van der Waals surface area contributed by atoms with Gasteiger partial charge in [0.1, 0.15) is 5.82 Å². The van der Waals surface area contributed by atoms with Gasteiger partial charge in [0.25, 0.3) is 0 Å². The van der Waals surface area contributed by atoms with E-state index in [1.807, 2.05) is 47.4 Å². The average molecular weight is 334 g/mol. The van der Waals surface area contributed by atoms with Crippen LogP contribution in [0.5, 0.6) is 0 Å². The van der Waals surface area contributed by atoms with Gasteiger partial charge in [0.2, 0.25) is 0 Å². The molecular formula is C21H19FN2O. The van der Waals surface area contributed by atoms with E-state index in [9.17, 15) is 9.18 Å². The highest BCUT2D eigenvalue weighted by molar-refractivity contribution is 5.93. The Morgan fingerprint density at radius 2 is 1.76 bits per heavy atom. The van der Waals surface area contributed by atoms with Gasteiger partial charge in [-0.15, -0.1) is 0 Å². The summed E-state index contributed by atoms with van der Waals surface area (Å²) in [6.45, 7) is 0.710. The van der Waals surface area contributed by atoms with E-state index in [2.05, 4.69) is 5.32 Å². The molecule has 1 atom stereocenters. The number of carbonyl (C=O) groups is 1. The molecule has 0 aromatic heterocycles. The number of anilines is 1. The van der Waals surface area contributed by atoms with E-state index in [4.69, 9.17) is 0 Å². The quantitative estimate of drug-likeness (QED) is 0.673. The highest BCUT2D eigenvalue weighted by Gasteiger charge is 2.30. The van der Waals surface area contributed by atoms with Crippen molar-refractivity contribution in [3.05, 3.63) is 78.1 Å². The lowest BCUT2D eigenvalue weighted by molar-refractivity contribution is 0.207. The van der Waals surface area contributed by atoms with Gasteiger partial charge in [-0.05, 0) is 53.4 Å². The van der Waals surface area contributed by atoms with Gasteiger partial charge in [0.05, 0.1) is 6.04 Å². The molecule has 4 heteroatoms. The standard InChI is InChI=1S/C21H19FN2O/c22-18-10-7-16(8-11-18)20-6-3-13-24(20)21(25)23-19-12-9-15-4-1-2-5-17(15)14-19/h1-2,4-5,7-12,14,20H,3,6,13H2,(H,23,25). The first-order valence-electron chi connectivity index (χ1n) is 8.52. The van der Waals surface area contributed by atoms with Crippen molar-refractivity contribution in [3.63, 3.8) is 0 Å². The van der Waals surface area contributed by atoms with Crippen LogP contribution in [0.3, 0.4) is 0 Å². The SMILES string of the molecule is O=C(Nc1ccc2ccccc2c1)N1CCCC1c1ccc(F)cc1. The second-order valence-corrected chi connectivity index (χ2v) is 6.40. The molecular weight excluding hydrogens is 315 g/mol. The Kier molecular flexibility index (Phi) is 4.10. The van der Waals surface area contributed by atoms with Gasteiger partial charge in [-0.1, -0.05) is 42.5 Å². The van der Waals surface area contributed by atoms with Gasteiger partial charge in [0.15, 0.2) is 0 Å². The molecule has 126 valence electrons.